The summed E-state index contributed by atoms with van der Waals surface area (Å²) in [6, 6.07) is 0. The fraction of sp³-hybridized carbons (Fsp3) is 0.333. The van der Waals surface area contributed by atoms with Gasteiger partial charge in [0.2, 0.25) is 0 Å². The van der Waals surface area contributed by atoms with E-state index in [4.69, 9.17) is 6.85 Å². The second-order valence-electron chi connectivity index (χ2n) is 1.66. The standard InChI is InChI=1S/C6H5BrF2N2/c1-6(8,9)5-10-2-4(7)3-11-5/h2-3H,1H3/i1D3,2D,3D. The lowest BCUT2D eigenvalue weighted by Crippen LogP contribution is -2.11. The molecule has 1 rings (SSSR count). The van der Waals surface area contributed by atoms with Gasteiger partial charge in [0.25, 0.3) is 0 Å². The molecule has 0 aliphatic carbocycles. The van der Waals surface area contributed by atoms with Crippen molar-refractivity contribution in [2.24, 2.45) is 0 Å². The van der Waals surface area contributed by atoms with Crippen LogP contribution in [0.3, 0.4) is 0 Å². The van der Waals surface area contributed by atoms with Crippen LogP contribution in [-0.2, 0) is 5.92 Å². The van der Waals surface area contributed by atoms with Gasteiger partial charge in [-0.25, -0.2) is 9.97 Å². The van der Waals surface area contributed by atoms with E-state index in [-0.39, 0.29) is 4.47 Å². The van der Waals surface area contributed by atoms with Crippen molar-refractivity contribution in [3.8, 4) is 0 Å². The number of halogens is 3. The molecule has 1 aromatic heterocycles. The highest BCUT2D eigenvalue weighted by Crippen LogP contribution is 2.23. The van der Waals surface area contributed by atoms with E-state index in [1.54, 1.807) is 0 Å². The van der Waals surface area contributed by atoms with Gasteiger partial charge in [-0.1, -0.05) is 0 Å². The second-order valence-corrected chi connectivity index (χ2v) is 2.45. The highest BCUT2D eigenvalue weighted by Gasteiger charge is 2.27. The van der Waals surface area contributed by atoms with E-state index >= 15 is 0 Å². The number of rotatable bonds is 1. The third-order valence-electron chi connectivity index (χ3n) is 0.801. The predicted octanol–water partition coefficient (Wildman–Crippen LogP) is 2.35. The van der Waals surface area contributed by atoms with Crippen molar-refractivity contribution in [3.63, 3.8) is 0 Å². The Morgan fingerprint density at radius 3 is 2.64 bits per heavy atom. The fourth-order valence-corrected chi connectivity index (χ4v) is 0.572. The summed E-state index contributed by atoms with van der Waals surface area (Å²) in [6.07, 6.45) is -1.31. The van der Waals surface area contributed by atoms with Crippen molar-refractivity contribution in [3.05, 3.63) is 22.6 Å². The molecule has 0 unspecified atom stereocenters. The van der Waals surface area contributed by atoms with Gasteiger partial charge in [-0.3, -0.25) is 0 Å². The number of hydrogen-bond donors (Lipinski definition) is 0. The lowest BCUT2D eigenvalue weighted by molar-refractivity contribution is 0.00763. The zero-order chi connectivity index (χ0) is 12.7. The minimum absolute atomic E-state index is 0.169. The molecule has 5 heteroatoms. The SMILES string of the molecule is [2H]c1nc(C(F)(F)C([2H])([2H])[2H])nc([2H])c1Br. The molecule has 60 valence electrons. The van der Waals surface area contributed by atoms with Crippen LogP contribution >= 0.6 is 15.9 Å². The first-order valence-corrected chi connectivity index (χ1v) is 3.25. The van der Waals surface area contributed by atoms with Gasteiger partial charge in [-0.05, 0) is 15.9 Å². The second kappa shape index (κ2) is 2.81. The van der Waals surface area contributed by atoms with E-state index in [9.17, 15) is 8.78 Å². The summed E-state index contributed by atoms with van der Waals surface area (Å²) in [5.41, 5.74) is 0. The Morgan fingerprint density at radius 1 is 1.64 bits per heavy atom. The van der Waals surface area contributed by atoms with Gasteiger partial charge in [-0.2, -0.15) is 8.78 Å². The number of aromatic nitrogens is 2. The maximum atomic E-state index is 13.3. The van der Waals surface area contributed by atoms with Gasteiger partial charge in [0.05, 0.1) is 7.21 Å². The lowest BCUT2D eigenvalue weighted by atomic mass is 10.3. The molecule has 0 aromatic carbocycles. The van der Waals surface area contributed by atoms with Crippen LogP contribution in [0.15, 0.2) is 16.8 Å². The Balaban J connectivity index is 3.35. The van der Waals surface area contributed by atoms with Gasteiger partial charge in [0.1, 0.15) is 0 Å². The van der Waals surface area contributed by atoms with Gasteiger partial charge >= 0.3 is 5.92 Å². The molecule has 11 heavy (non-hydrogen) atoms. The van der Waals surface area contributed by atoms with Crippen molar-refractivity contribution in [1.29, 1.82) is 0 Å². The van der Waals surface area contributed by atoms with Crippen molar-refractivity contribution >= 4 is 15.9 Å². The van der Waals surface area contributed by atoms with Crippen molar-refractivity contribution < 1.29 is 15.6 Å². The van der Waals surface area contributed by atoms with Crippen LogP contribution in [0.2, 0.25) is 0 Å². The van der Waals surface area contributed by atoms with Crippen LogP contribution in [-0.4, -0.2) is 9.97 Å². The molecule has 0 spiro atoms. The minimum Gasteiger partial charge on any atom is -0.234 e. The molecule has 0 aliphatic heterocycles. The van der Waals surface area contributed by atoms with E-state index in [0.29, 0.717) is 0 Å². The molecule has 0 N–H and O–H groups in total. The highest BCUT2D eigenvalue weighted by molar-refractivity contribution is 9.10. The summed E-state index contributed by atoms with van der Waals surface area (Å²) in [6.45, 7) is -3.61. The molecule has 1 heterocycles. The third kappa shape index (κ3) is 2.18. The molecule has 0 atom stereocenters. The predicted molar refractivity (Wildman–Crippen MR) is 39.3 cm³/mol. The molecule has 0 saturated heterocycles. The Morgan fingerprint density at radius 2 is 2.18 bits per heavy atom. The average molecular weight is 228 g/mol. The minimum atomic E-state index is -4.28. The van der Waals surface area contributed by atoms with Crippen LogP contribution in [0, 0.1) is 0 Å². The first-order chi connectivity index (χ1) is 7.07. The quantitative estimate of drug-likeness (QED) is 0.737. The van der Waals surface area contributed by atoms with Crippen LogP contribution in [0.1, 0.15) is 19.5 Å². The van der Waals surface area contributed by atoms with Crippen LogP contribution < -0.4 is 0 Å². The van der Waals surface area contributed by atoms with E-state index in [1.807, 2.05) is 0 Å². The van der Waals surface area contributed by atoms with Gasteiger partial charge < -0.3 is 0 Å². The van der Waals surface area contributed by atoms with Crippen molar-refractivity contribution in [2.75, 3.05) is 0 Å². The first-order valence-electron chi connectivity index (χ1n) is 4.96. The molecule has 0 aliphatic rings. The van der Waals surface area contributed by atoms with Crippen molar-refractivity contribution in [1.82, 2.24) is 9.97 Å². The largest absolute Gasteiger partial charge is 0.303 e. The van der Waals surface area contributed by atoms with E-state index in [2.05, 4.69) is 25.9 Å². The molecular formula is C6H5BrF2N2. The Kier molecular flexibility index (Phi) is 0.993. The normalized spacial score (nSPS) is 19.4. The Labute approximate surface area is 77.8 Å². The molecule has 2 nitrogen and oxygen atoms in total. The summed E-state index contributed by atoms with van der Waals surface area (Å²) >= 11 is 2.74. The Hall–Kier alpha value is -0.580. The summed E-state index contributed by atoms with van der Waals surface area (Å²) in [7, 11) is 0. The molecule has 0 radical (unpaired) electrons. The van der Waals surface area contributed by atoms with Gasteiger partial charge in [0, 0.05) is 23.3 Å². The molecule has 0 fully saturated rings. The van der Waals surface area contributed by atoms with E-state index in [1.165, 1.54) is 0 Å². The molecule has 1 aromatic rings. The summed E-state index contributed by atoms with van der Waals surface area (Å²) in [5, 5.41) is 0. The Bertz CT molecular complexity index is 399. The summed E-state index contributed by atoms with van der Waals surface area (Å²) < 4.78 is 60.6. The molecule has 0 amide bonds. The maximum Gasteiger partial charge on any atom is 0.303 e. The summed E-state index contributed by atoms with van der Waals surface area (Å²) in [5.74, 6) is -5.62. The lowest BCUT2D eigenvalue weighted by Gasteiger charge is -2.06. The molecule has 0 saturated carbocycles. The van der Waals surface area contributed by atoms with E-state index < -0.39 is 30.9 Å². The number of nitrogens with zero attached hydrogens (tertiary/aromatic N) is 2. The maximum absolute atomic E-state index is 13.3. The highest BCUT2D eigenvalue weighted by atomic mass is 79.9. The molecular weight excluding hydrogens is 218 g/mol. The monoisotopic (exact) mass is 227 g/mol. The van der Waals surface area contributed by atoms with E-state index in [0.717, 1.165) is 0 Å². The average Bonchev–Trinajstić information content (AvgIpc) is 2.11. The van der Waals surface area contributed by atoms with Gasteiger partial charge in [0.15, 0.2) is 5.82 Å². The molecule has 0 bridgehead atoms. The van der Waals surface area contributed by atoms with Crippen LogP contribution in [0.25, 0.3) is 0 Å². The van der Waals surface area contributed by atoms with Crippen LogP contribution in [0.5, 0.6) is 0 Å². The number of hydrogen-bond acceptors (Lipinski definition) is 2. The van der Waals surface area contributed by atoms with Crippen LogP contribution in [0.4, 0.5) is 8.78 Å². The first kappa shape index (κ1) is 3.89. The van der Waals surface area contributed by atoms with Crippen molar-refractivity contribution in [2.45, 2.75) is 12.8 Å². The topological polar surface area (TPSA) is 25.8 Å². The zero-order valence-corrected chi connectivity index (χ0v) is 6.61. The van der Waals surface area contributed by atoms with Gasteiger partial charge in [-0.15, -0.1) is 0 Å². The fourth-order valence-electron chi connectivity index (χ4n) is 0.394. The smallest absolute Gasteiger partial charge is 0.234 e. The summed E-state index contributed by atoms with van der Waals surface area (Å²) in [4.78, 5) is 6.10. The third-order valence-corrected chi connectivity index (χ3v) is 1.16. The number of alkyl halides is 2. The zero-order valence-electron chi connectivity index (χ0n) is 10.0.